The van der Waals surface area contributed by atoms with Crippen molar-refractivity contribution in [2.45, 2.75) is 32.5 Å². The number of ether oxygens (including phenoxy) is 1. The van der Waals surface area contributed by atoms with Gasteiger partial charge in [-0.15, -0.1) is 0 Å². The Morgan fingerprint density at radius 3 is 2.36 bits per heavy atom. The van der Waals surface area contributed by atoms with Gasteiger partial charge in [0.05, 0.1) is 12.7 Å². The van der Waals surface area contributed by atoms with Crippen molar-refractivity contribution in [3.05, 3.63) is 29.8 Å². The number of aromatic nitrogens is 1. The Balaban J connectivity index is 2.10. The molecule has 1 aliphatic carbocycles. The first-order valence-electron chi connectivity index (χ1n) is 7.60. The van der Waals surface area contributed by atoms with Gasteiger partial charge in [-0.25, -0.2) is 0 Å². The summed E-state index contributed by atoms with van der Waals surface area (Å²) in [6.07, 6.45) is 1.97. The number of methoxy groups -OCH3 is 1. The van der Waals surface area contributed by atoms with Gasteiger partial charge in [-0.2, -0.15) is 0 Å². The summed E-state index contributed by atoms with van der Waals surface area (Å²) in [7, 11) is -0.128. The van der Waals surface area contributed by atoms with E-state index in [0.29, 0.717) is 11.3 Å². The standard InChI is InChI=1S/C17H21NO3Si/c1-20-13-9-7-11(8-10-13)15-14(16(19)12-5-6-12)17(21-18-15)22(2,3)4/h7-10,12H,5-6H2,1-4H3. The average Bonchev–Trinajstić information content (AvgIpc) is 3.23. The maximum Gasteiger partial charge on any atom is 0.171 e. The van der Waals surface area contributed by atoms with Crippen molar-refractivity contribution >= 4 is 19.2 Å². The first-order valence-corrected chi connectivity index (χ1v) is 11.1. The van der Waals surface area contributed by atoms with Crippen LogP contribution in [0.15, 0.2) is 28.8 Å². The van der Waals surface area contributed by atoms with Crippen LogP contribution in [0.4, 0.5) is 0 Å². The molecule has 0 bridgehead atoms. The monoisotopic (exact) mass is 315 g/mol. The Kier molecular flexibility index (Phi) is 3.68. The second-order valence-electron chi connectivity index (χ2n) is 6.85. The van der Waals surface area contributed by atoms with E-state index in [9.17, 15) is 4.79 Å². The fourth-order valence-electron chi connectivity index (χ4n) is 2.53. The highest BCUT2D eigenvalue weighted by Gasteiger charge is 2.39. The molecule has 22 heavy (non-hydrogen) atoms. The van der Waals surface area contributed by atoms with Crippen LogP contribution in [0.5, 0.6) is 5.75 Å². The molecule has 0 atom stereocenters. The molecule has 5 heteroatoms. The summed E-state index contributed by atoms with van der Waals surface area (Å²) in [6.45, 7) is 6.53. The lowest BCUT2D eigenvalue weighted by Gasteiger charge is -2.13. The SMILES string of the molecule is COc1ccc(-c2noc([Si](C)(C)C)c2C(=O)C2CC2)cc1. The summed E-state index contributed by atoms with van der Waals surface area (Å²) in [5, 5.41) is 5.05. The van der Waals surface area contributed by atoms with Gasteiger partial charge in [-0.05, 0) is 37.1 Å². The van der Waals surface area contributed by atoms with Gasteiger partial charge in [0.2, 0.25) is 0 Å². The molecule has 0 unspecified atom stereocenters. The van der Waals surface area contributed by atoms with Crippen molar-refractivity contribution in [2.75, 3.05) is 7.11 Å². The molecule has 1 aromatic carbocycles. The summed E-state index contributed by atoms with van der Waals surface area (Å²) in [5.74, 6) is 1.14. The van der Waals surface area contributed by atoms with Gasteiger partial charge in [0.15, 0.2) is 5.78 Å². The number of rotatable bonds is 5. The molecule has 2 aromatic rings. The quantitative estimate of drug-likeness (QED) is 0.626. The molecule has 1 heterocycles. The Morgan fingerprint density at radius 1 is 1.23 bits per heavy atom. The van der Waals surface area contributed by atoms with E-state index in [4.69, 9.17) is 9.26 Å². The lowest BCUT2D eigenvalue weighted by molar-refractivity contribution is 0.0969. The van der Waals surface area contributed by atoms with Crippen molar-refractivity contribution < 1.29 is 14.1 Å². The Bertz CT molecular complexity index is 694. The molecular formula is C17H21NO3Si. The van der Waals surface area contributed by atoms with Crippen LogP contribution in [-0.4, -0.2) is 26.1 Å². The van der Waals surface area contributed by atoms with Crippen molar-refractivity contribution in [1.82, 2.24) is 5.16 Å². The second-order valence-corrected chi connectivity index (χ2v) is 11.8. The van der Waals surface area contributed by atoms with Crippen LogP contribution in [-0.2, 0) is 0 Å². The molecule has 0 amide bonds. The maximum absolute atomic E-state index is 12.8. The number of hydrogen-bond donors (Lipinski definition) is 0. The van der Waals surface area contributed by atoms with Crippen LogP contribution in [0.2, 0.25) is 19.6 Å². The fraction of sp³-hybridized carbons (Fsp3) is 0.412. The van der Waals surface area contributed by atoms with E-state index in [1.807, 2.05) is 24.3 Å². The van der Waals surface area contributed by atoms with E-state index in [-0.39, 0.29) is 11.7 Å². The molecule has 0 N–H and O–H groups in total. The summed E-state index contributed by atoms with van der Waals surface area (Å²) in [5.41, 5.74) is 2.29. The summed E-state index contributed by atoms with van der Waals surface area (Å²) in [6, 6.07) is 7.61. The zero-order chi connectivity index (χ0) is 15.9. The molecule has 3 rings (SSSR count). The van der Waals surface area contributed by atoms with Crippen LogP contribution < -0.4 is 10.1 Å². The molecule has 0 saturated heterocycles. The lowest BCUT2D eigenvalue weighted by atomic mass is 10.0. The summed E-state index contributed by atoms with van der Waals surface area (Å²) >= 11 is 0. The molecule has 1 aromatic heterocycles. The van der Waals surface area contributed by atoms with E-state index in [1.165, 1.54) is 0 Å². The van der Waals surface area contributed by atoms with Crippen molar-refractivity contribution in [3.8, 4) is 17.0 Å². The topological polar surface area (TPSA) is 52.3 Å². The molecule has 1 fully saturated rings. The highest BCUT2D eigenvalue weighted by Crippen LogP contribution is 2.35. The van der Waals surface area contributed by atoms with Gasteiger partial charge in [0, 0.05) is 11.5 Å². The third-order valence-corrected chi connectivity index (χ3v) is 5.63. The predicted molar refractivity (Wildman–Crippen MR) is 88.5 cm³/mol. The molecular weight excluding hydrogens is 294 g/mol. The third-order valence-electron chi connectivity index (χ3n) is 3.93. The number of hydrogen-bond acceptors (Lipinski definition) is 4. The van der Waals surface area contributed by atoms with Gasteiger partial charge < -0.3 is 9.26 Å². The fourth-order valence-corrected chi connectivity index (χ4v) is 3.84. The van der Waals surface area contributed by atoms with Gasteiger partial charge in [-0.3, -0.25) is 4.79 Å². The lowest BCUT2D eigenvalue weighted by Crippen LogP contribution is -2.40. The second kappa shape index (κ2) is 5.39. The minimum atomic E-state index is -1.76. The van der Waals surface area contributed by atoms with Crippen LogP contribution >= 0.6 is 0 Å². The Hall–Kier alpha value is -1.88. The summed E-state index contributed by atoms with van der Waals surface area (Å²) in [4.78, 5) is 12.8. The largest absolute Gasteiger partial charge is 0.497 e. The van der Waals surface area contributed by atoms with Crippen LogP contribution in [0, 0.1) is 5.92 Å². The van der Waals surface area contributed by atoms with Crippen molar-refractivity contribution in [2.24, 2.45) is 5.92 Å². The average molecular weight is 315 g/mol. The van der Waals surface area contributed by atoms with Gasteiger partial charge in [0.25, 0.3) is 0 Å². The first-order chi connectivity index (χ1) is 10.4. The van der Waals surface area contributed by atoms with Gasteiger partial charge in [0.1, 0.15) is 24.9 Å². The number of benzene rings is 1. The van der Waals surface area contributed by atoms with Crippen LogP contribution in [0.25, 0.3) is 11.3 Å². The number of carbonyl (C=O) groups excluding carboxylic acids is 1. The van der Waals surface area contributed by atoms with E-state index in [1.54, 1.807) is 7.11 Å². The maximum atomic E-state index is 12.8. The molecule has 1 saturated carbocycles. The molecule has 116 valence electrons. The smallest absolute Gasteiger partial charge is 0.171 e. The van der Waals surface area contributed by atoms with E-state index < -0.39 is 8.07 Å². The number of nitrogens with zero attached hydrogens (tertiary/aromatic N) is 1. The highest BCUT2D eigenvalue weighted by molar-refractivity contribution is 6.88. The van der Waals surface area contributed by atoms with E-state index in [2.05, 4.69) is 24.8 Å². The van der Waals surface area contributed by atoms with Crippen LogP contribution in [0.3, 0.4) is 0 Å². The minimum Gasteiger partial charge on any atom is -0.497 e. The first kappa shape index (κ1) is 15.0. The molecule has 0 radical (unpaired) electrons. The number of carbonyl (C=O) groups is 1. The van der Waals surface area contributed by atoms with E-state index in [0.717, 1.165) is 29.5 Å². The number of ketones is 1. The third kappa shape index (κ3) is 2.73. The molecule has 1 aliphatic rings. The zero-order valence-electron chi connectivity index (χ0n) is 13.5. The number of Topliss-reactive ketones (excluding diaryl/α,β-unsaturated/α-hetero) is 1. The predicted octanol–water partition coefficient (Wildman–Crippen LogP) is 3.49. The van der Waals surface area contributed by atoms with Gasteiger partial charge in [-0.1, -0.05) is 24.8 Å². The minimum absolute atomic E-state index is 0.159. The Morgan fingerprint density at radius 2 is 1.86 bits per heavy atom. The zero-order valence-corrected chi connectivity index (χ0v) is 14.5. The van der Waals surface area contributed by atoms with Crippen molar-refractivity contribution in [1.29, 1.82) is 0 Å². The molecule has 0 spiro atoms. The van der Waals surface area contributed by atoms with Gasteiger partial charge >= 0.3 is 0 Å². The molecule has 0 aliphatic heterocycles. The summed E-state index contributed by atoms with van der Waals surface area (Å²) < 4.78 is 10.8. The van der Waals surface area contributed by atoms with Crippen molar-refractivity contribution in [3.63, 3.8) is 0 Å². The van der Waals surface area contributed by atoms with E-state index >= 15 is 0 Å². The normalized spacial score (nSPS) is 14.9. The Labute approximate surface area is 131 Å². The van der Waals surface area contributed by atoms with Crippen LogP contribution in [0.1, 0.15) is 23.2 Å². The molecule has 4 nitrogen and oxygen atoms in total. The highest BCUT2D eigenvalue weighted by atomic mass is 28.3.